The molecule has 0 spiro atoms. The maximum Gasteiger partial charge on any atom is 0.338 e. The zero-order valence-electron chi connectivity index (χ0n) is 78.4. The number of aromatic amines is 5. The minimum Gasteiger partial charge on any atom is -0.457 e. The van der Waals surface area contributed by atoms with Gasteiger partial charge in [0.15, 0.2) is 36.9 Å². The second-order valence-corrected chi connectivity index (χ2v) is 30.5. The first-order chi connectivity index (χ1) is 65.2. The van der Waals surface area contributed by atoms with E-state index in [4.69, 9.17) is 75.8 Å². The molecule has 5 N–H and O–H groups in total. The van der Waals surface area contributed by atoms with Crippen LogP contribution in [0.3, 0.4) is 0 Å². The van der Waals surface area contributed by atoms with Gasteiger partial charge in [-0.3, -0.25) is 71.7 Å². The summed E-state index contributed by atoms with van der Waals surface area (Å²) in [6.45, 7) is 16.8. The van der Waals surface area contributed by atoms with Crippen molar-refractivity contribution in [3.63, 3.8) is 0 Å². The second kappa shape index (κ2) is 58.5. The Morgan fingerprint density at radius 1 is 0.294 bits per heavy atom. The van der Waals surface area contributed by atoms with Crippen molar-refractivity contribution in [2.45, 2.75) is 155 Å². The Kier molecular flexibility index (Phi) is 47.8. The highest BCUT2D eigenvalue weighted by atomic mass is 16.7. The van der Waals surface area contributed by atoms with E-state index < -0.39 is 123 Å². The highest BCUT2D eigenvalue weighted by molar-refractivity contribution is 5.91. The molecule has 5 aromatic heterocycles. The molecule has 0 amide bonds. The topological polar surface area (TPSA) is 507 Å². The molecule has 9 unspecified atom stereocenters. The van der Waals surface area contributed by atoms with Crippen molar-refractivity contribution in [3.05, 3.63) is 345 Å². The highest BCUT2D eigenvalue weighted by Gasteiger charge is 2.36. The average Bonchev–Trinajstić information content (AvgIpc) is 0.822. The van der Waals surface area contributed by atoms with Crippen LogP contribution >= 0.6 is 0 Å². The molecule has 0 aliphatic heterocycles. The van der Waals surface area contributed by atoms with Crippen LogP contribution in [0.2, 0.25) is 0 Å². The van der Waals surface area contributed by atoms with Crippen LogP contribution in [0.15, 0.2) is 261 Å². The standard InChI is InChI=1S/C19H24N2O7.4C19H24N2O6/c1-4-19(26-3,13-25-2)28-16(21-11-10-15(22)20-18(21)24)12-27-17(23)14-8-6-5-7-9-14;2*1-13(2)15(11-25-3)27-17(21-10-9-16(22)20-19(21)24)12-26-18(23)14-7-5-4-6-8-14;2*1-4-15(13(2)25-3)27-17(21-11-10-16(22)20-19(21)24)12-26-18(23)14-8-6-5-7-9-14/h5-11,16H,4,12-13H2,1-3H3,(H,20,22,24);2*4-10,13,15,17H,11-12H2,1-3H3,(H,20,22,24);2*5-11,13,15,17H,4,12H2,1-3H3,(H,20,22,24)/t16?,19-;;;2*13-,15?,17?/m0..10/s1. The molecule has 0 fully saturated rings. The Morgan fingerprint density at radius 2 is 0.515 bits per heavy atom. The van der Waals surface area contributed by atoms with Gasteiger partial charge < -0.3 is 75.8 Å². The smallest absolute Gasteiger partial charge is 0.338 e. The lowest BCUT2D eigenvalue weighted by molar-refractivity contribution is -0.287. The lowest BCUT2D eigenvalue weighted by Gasteiger charge is -2.34. The molecule has 136 heavy (non-hydrogen) atoms. The van der Waals surface area contributed by atoms with Gasteiger partial charge in [-0.05, 0) is 99.2 Å². The van der Waals surface area contributed by atoms with Crippen molar-refractivity contribution in [2.24, 2.45) is 11.8 Å². The number of nitrogens with one attached hydrogen (secondary N) is 5. The number of rotatable bonds is 46. The molecule has 10 rings (SSSR count). The summed E-state index contributed by atoms with van der Waals surface area (Å²) in [5.41, 5.74) is -4.00. The largest absolute Gasteiger partial charge is 0.457 e. The second-order valence-electron chi connectivity index (χ2n) is 30.5. The number of methoxy groups -OCH3 is 6. The van der Waals surface area contributed by atoms with Gasteiger partial charge in [-0.25, -0.2) is 47.9 Å². The van der Waals surface area contributed by atoms with Gasteiger partial charge in [0.2, 0.25) is 0 Å². The molecule has 0 saturated carbocycles. The lowest BCUT2D eigenvalue weighted by atomic mass is 10.1. The number of H-pyrrole nitrogens is 5. The summed E-state index contributed by atoms with van der Waals surface area (Å²) in [5, 5.41) is 0. The van der Waals surface area contributed by atoms with Crippen LogP contribution < -0.4 is 56.2 Å². The van der Waals surface area contributed by atoms with Gasteiger partial charge in [-0.1, -0.05) is 139 Å². The molecule has 0 aliphatic carbocycles. The summed E-state index contributed by atoms with van der Waals surface area (Å²) in [4.78, 5) is 190. The van der Waals surface area contributed by atoms with E-state index in [1.165, 1.54) is 93.8 Å². The van der Waals surface area contributed by atoms with Gasteiger partial charge >= 0.3 is 58.3 Å². The number of carbonyl (C=O) groups is 5. The Bertz CT molecular complexity index is 5380. The molecule has 12 atom stereocenters. The van der Waals surface area contributed by atoms with Crippen molar-refractivity contribution >= 4 is 29.8 Å². The third kappa shape index (κ3) is 36.3. The van der Waals surface area contributed by atoms with Gasteiger partial charge in [0, 0.05) is 110 Å². The number of carbonyl (C=O) groups excluding carboxylic acids is 5. The normalized spacial score (nSPS) is 13.9. The van der Waals surface area contributed by atoms with E-state index in [0.29, 0.717) is 60.3 Å². The van der Waals surface area contributed by atoms with Gasteiger partial charge in [0.1, 0.15) is 39.6 Å². The Labute approximate surface area is 781 Å². The zero-order chi connectivity index (χ0) is 99.8. The number of nitrogens with zero attached hydrogens (tertiary/aromatic N) is 5. The first-order valence-electron chi connectivity index (χ1n) is 43.3. The fraction of sp³-hybridized carbons (Fsp3) is 0.421. The summed E-state index contributed by atoms with van der Waals surface area (Å²) >= 11 is 0. The first kappa shape index (κ1) is 111. The molecular weight excluding hydrogens is 1780 g/mol. The molecule has 10 aromatic rings. The SMILES string of the molecule is CCC(OC(COC(=O)c1ccccc1)n1ccc(=O)[nH]c1=O)[C@@H](C)OC.CCC(OC(COC(=O)c1ccccc1)n1ccc(=O)[nH]c1=O)[C@H](C)OC.CC[C@](COC)(OC)OC(COC(=O)c1ccccc1)n1ccc(=O)[nH]c1=O.COCC(OC(COC(=O)c1ccccc1)n1ccc(=O)[nH]c1=O)C(C)C.COCC(OC(COC(=O)c1ccccc1)n1ccc(=O)[nH]c1=O)C(C)C. The van der Waals surface area contributed by atoms with Crippen LogP contribution in [0.25, 0.3) is 0 Å². The Hall–Kier alpha value is -13.6. The highest BCUT2D eigenvalue weighted by Crippen LogP contribution is 2.27. The van der Waals surface area contributed by atoms with Crippen LogP contribution in [0.4, 0.5) is 0 Å². The van der Waals surface area contributed by atoms with Crippen LogP contribution in [-0.4, -0.2) is 216 Å². The van der Waals surface area contributed by atoms with Gasteiger partial charge in [0.25, 0.3) is 27.8 Å². The fourth-order valence-corrected chi connectivity index (χ4v) is 12.4. The molecule has 5 aromatic carbocycles. The number of ether oxygens (including phenoxy) is 16. The van der Waals surface area contributed by atoms with Crippen LogP contribution in [0, 0.1) is 11.8 Å². The molecular formula is C95H120N10O31. The number of hydrogen-bond donors (Lipinski definition) is 5. The van der Waals surface area contributed by atoms with Crippen molar-refractivity contribution in [1.29, 1.82) is 0 Å². The van der Waals surface area contributed by atoms with Gasteiger partial charge in [-0.15, -0.1) is 0 Å². The van der Waals surface area contributed by atoms with Crippen molar-refractivity contribution < 1.29 is 99.8 Å². The number of aromatic nitrogens is 10. The van der Waals surface area contributed by atoms with E-state index in [0.717, 1.165) is 4.57 Å². The Morgan fingerprint density at radius 3 is 0.699 bits per heavy atom. The average molecular weight is 1900 g/mol. The monoisotopic (exact) mass is 1900 g/mol. The minimum absolute atomic E-state index is 0.0846. The summed E-state index contributed by atoms with van der Waals surface area (Å²) in [6, 6.07) is 48.5. The minimum atomic E-state index is -1.17. The summed E-state index contributed by atoms with van der Waals surface area (Å²) < 4.78 is 94.0. The first-order valence-corrected chi connectivity index (χ1v) is 43.3. The molecule has 736 valence electrons. The maximum atomic E-state index is 12.3. The van der Waals surface area contributed by atoms with E-state index in [-0.39, 0.29) is 88.1 Å². The molecule has 0 radical (unpaired) electrons. The molecule has 0 aliphatic rings. The van der Waals surface area contributed by atoms with Gasteiger partial charge in [-0.2, -0.15) is 0 Å². The molecule has 41 nitrogen and oxygen atoms in total. The molecule has 0 saturated heterocycles. The van der Waals surface area contributed by atoms with E-state index in [1.54, 1.807) is 180 Å². The van der Waals surface area contributed by atoms with Crippen LogP contribution in [-0.2, 0) is 75.8 Å². The third-order valence-electron chi connectivity index (χ3n) is 20.3. The predicted octanol–water partition coefficient (Wildman–Crippen LogP) is 7.91. The van der Waals surface area contributed by atoms with E-state index in [9.17, 15) is 71.9 Å². The molecule has 0 bridgehead atoms. The number of esters is 5. The lowest BCUT2D eigenvalue weighted by Crippen LogP contribution is -2.45. The predicted molar refractivity (Wildman–Crippen MR) is 495 cm³/mol. The summed E-state index contributed by atoms with van der Waals surface area (Å²) in [7, 11) is 9.17. The Balaban J connectivity index is 0.000000261. The summed E-state index contributed by atoms with van der Waals surface area (Å²) in [6.07, 6.45) is 1.64. The van der Waals surface area contributed by atoms with Crippen LogP contribution in [0.5, 0.6) is 0 Å². The zero-order valence-corrected chi connectivity index (χ0v) is 78.4. The quantitative estimate of drug-likeness (QED) is 0.0137. The number of benzene rings is 5. The van der Waals surface area contributed by atoms with Crippen molar-refractivity contribution in [2.75, 3.05) is 95.5 Å². The van der Waals surface area contributed by atoms with E-state index in [2.05, 4.69) is 24.9 Å². The third-order valence-corrected chi connectivity index (χ3v) is 20.3. The van der Waals surface area contributed by atoms with E-state index >= 15 is 0 Å². The number of hydrogen-bond acceptors (Lipinski definition) is 31. The molecule has 5 heterocycles. The fourth-order valence-electron chi connectivity index (χ4n) is 12.4. The van der Waals surface area contributed by atoms with Gasteiger partial charge in [0.05, 0.1) is 77.7 Å². The molecule has 41 heteroatoms. The van der Waals surface area contributed by atoms with Crippen LogP contribution in [0.1, 0.15) is 165 Å². The van der Waals surface area contributed by atoms with E-state index in [1.807, 2.05) is 62.3 Å². The maximum absolute atomic E-state index is 12.3. The van der Waals surface area contributed by atoms with Crippen molar-refractivity contribution in [1.82, 2.24) is 47.8 Å². The summed E-state index contributed by atoms with van der Waals surface area (Å²) in [5.74, 6) is -3.69. The van der Waals surface area contributed by atoms with Crippen molar-refractivity contribution in [3.8, 4) is 0 Å².